The number of carbonyl (C=O) groups excluding carboxylic acids is 1. The standard InChI is InChI=1S/C21H16N2O5/c1-27-18-9-5-8-17(13-18)22-14-15-10-11-20(19(12-15)23(25)26)28-21(24)16-6-3-2-4-7-16/h2-14H,1H3. The normalized spacial score (nSPS) is 10.6. The van der Waals surface area contributed by atoms with Crippen LogP contribution in [0, 0.1) is 10.1 Å². The molecular weight excluding hydrogens is 360 g/mol. The Hall–Kier alpha value is -4.00. The van der Waals surface area contributed by atoms with Crippen molar-refractivity contribution in [2.24, 2.45) is 4.99 Å². The van der Waals surface area contributed by atoms with Crippen molar-refractivity contribution in [3.05, 3.63) is 94.0 Å². The molecule has 0 saturated carbocycles. The van der Waals surface area contributed by atoms with Gasteiger partial charge in [0.25, 0.3) is 0 Å². The molecule has 3 aromatic carbocycles. The lowest BCUT2D eigenvalue weighted by molar-refractivity contribution is -0.385. The maximum atomic E-state index is 12.2. The largest absolute Gasteiger partial charge is 0.497 e. The van der Waals surface area contributed by atoms with Crippen LogP contribution in [0.5, 0.6) is 11.5 Å². The highest BCUT2D eigenvalue weighted by atomic mass is 16.6. The Bertz CT molecular complexity index is 1030. The van der Waals surface area contributed by atoms with Crippen LogP contribution in [0.1, 0.15) is 15.9 Å². The molecule has 0 heterocycles. The van der Waals surface area contributed by atoms with Gasteiger partial charge in [-0.2, -0.15) is 0 Å². The predicted octanol–water partition coefficient (Wildman–Crippen LogP) is 4.57. The minimum absolute atomic E-state index is 0.127. The SMILES string of the molecule is COc1cccc(N=Cc2ccc(OC(=O)c3ccccc3)c([N+](=O)[O-])c2)c1. The Morgan fingerprint density at radius 2 is 1.82 bits per heavy atom. The number of nitrogens with zero attached hydrogens (tertiary/aromatic N) is 2. The summed E-state index contributed by atoms with van der Waals surface area (Å²) in [5, 5.41) is 11.4. The van der Waals surface area contributed by atoms with E-state index in [0.717, 1.165) is 0 Å². The molecule has 0 aromatic heterocycles. The van der Waals surface area contributed by atoms with Gasteiger partial charge in [-0.3, -0.25) is 15.1 Å². The van der Waals surface area contributed by atoms with Crippen molar-refractivity contribution in [1.82, 2.24) is 0 Å². The summed E-state index contributed by atoms with van der Waals surface area (Å²) >= 11 is 0. The number of esters is 1. The molecule has 0 fully saturated rings. The second-order valence-electron chi connectivity index (χ2n) is 5.70. The zero-order chi connectivity index (χ0) is 19.9. The topological polar surface area (TPSA) is 91.0 Å². The van der Waals surface area contributed by atoms with Gasteiger partial charge in [-0.05, 0) is 42.0 Å². The van der Waals surface area contributed by atoms with Crippen molar-refractivity contribution in [2.45, 2.75) is 0 Å². The number of hydrogen-bond donors (Lipinski definition) is 0. The Balaban J connectivity index is 1.83. The summed E-state index contributed by atoms with van der Waals surface area (Å²) in [6.45, 7) is 0. The fraction of sp³-hybridized carbons (Fsp3) is 0.0476. The summed E-state index contributed by atoms with van der Waals surface area (Å²) < 4.78 is 10.3. The monoisotopic (exact) mass is 376 g/mol. The average Bonchev–Trinajstić information content (AvgIpc) is 2.73. The highest BCUT2D eigenvalue weighted by Gasteiger charge is 2.19. The lowest BCUT2D eigenvalue weighted by Gasteiger charge is -2.06. The van der Waals surface area contributed by atoms with E-state index in [1.54, 1.807) is 67.8 Å². The molecule has 0 bridgehead atoms. The molecule has 3 aromatic rings. The number of rotatable bonds is 6. The van der Waals surface area contributed by atoms with Crippen molar-refractivity contribution in [3.8, 4) is 11.5 Å². The molecule has 7 nitrogen and oxygen atoms in total. The summed E-state index contributed by atoms with van der Waals surface area (Å²) in [5.41, 5.74) is 1.12. The van der Waals surface area contributed by atoms with Crippen LogP contribution < -0.4 is 9.47 Å². The van der Waals surface area contributed by atoms with Gasteiger partial charge in [0, 0.05) is 18.3 Å². The zero-order valence-electron chi connectivity index (χ0n) is 14.9. The van der Waals surface area contributed by atoms with Gasteiger partial charge in [0.2, 0.25) is 5.75 Å². The van der Waals surface area contributed by atoms with E-state index in [1.807, 2.05) is 0 Å². The zero-order valence-corrected chi connectivity index (χ0v) is 14.9. The first kappa shape index (κ1) is 18.8. The van der Waals surface area contributed by atoms with Gasteiger partial charge in [0.05, 0.1) is 23.3 Å². The number of methoxy groups -OCH3 is 1. The molecule has 0 atom stereocenters. The second kappa shape index (κ2) is 8.59. The summed E-state index contributed by atoms with van der Waals surface area (Å²) in [6.07, 6.45) is 1.49. The minimum atomic E-state index is -0.665. The average molecular weight is 376 g/mol. The molecule has 140 valence electrons. The maximum Gasteiger partial charge on any atom is 0.343 e. The highest BCUT2D eigenvalue weighted by Crippen LogP contribution is 2.29. The number of carbonyl (C=O) groups is 1. The minimum Gasteiger partial charge on any atom is -0.497 e. The van der Waals surface area contributed by atoms with Gasteiger partial charge in [-0.15, -0.1) is 0 Å². The molecule has 0 saturated heterocycles. The number of benzene rings is 3. The molecule has 28 heavy (non-hydrogen) atoms. The Kier molecular flexibility index (Phi) is 5.76. The van der Waals surface area contributed by atoms with Gasteiger partial charge in [-0.25, -0.2) is 4.79 Å². The molecule has 0 spiro atoms. The van der Waals surface area contributed by atoms with Crippen LogP contribution in [0.3, 0.4) is 0 Å². The second-order valence-corrected chi connectivity index (χ2v) is 5.70. The molecular formula is C21H16N2O5. The van der Waals surface area contributed by atoms with E-state index in [0.29, 0.717) is 22.6 Å². The first-order valence-corrected chi connectivity index (χ1v) is 8.30. The number of aliphatic imine (C=N–C) groups is 1. The Morgan fingerprint density at radius 1 is 1.04 bits per heavy atom. The van der Waals surface area contributed by atoms with Crippen molar-refractivity contribution >= 4 is 23.6 Å². The highest BCUT2D eigenvalue weighted by molar-refractivity contribution is 5.92. The van der Waals surface area contributed by atoms with E-state index < -0.39 is 10.9 Å². The number of nitro groups is 1. The third kappa shape index (κ3) is 4.59. The molecule has 0 aliphatic heterocycles. The van der Waals surface area contributed by atoms with Gasteiger partial charge in [0.15, 0.2) is 0 Å². The van der Waals surface area contributed by atoms with Crippen LogP contribution in [0.25, 0.3) is 0 Å². The quantitative estimate of drug-likeness (QED) is 0.207. The van der Waals surface area contributed by atoms with Gasteiger partial charge >= 0.3 is 11.7 Å². The third-order valence-electron chi connectivity index (χ3n) is 3.81. The lowest BCUT2D eigenvalue weighted by atomic mass is 10.2. The van der Waals surface area contributed by atoms with Crippen molar-refractivity contribution < 1.29 is 19.2 Å². The maximum absolute atomic E-state index is 12.2. The predicted molar refractivity (Wildman–Crippen MR) is 105 cm³/mol. The smallest absolute Gasteiger partial charge is 0.343 e. The molecule has 0 radical (unpaired) electrons. The van der Waals surface area contributed by atoms with Crippen molar-refractivity contribution in [2.75, 3.05) is 7.11 Å². The summed E-state index contributed by atoms with van der Waals surface area (Å²) in [6, 6.07) is 19.6. The van der Waals surface area contributed by atoms with Gasteiger partial charge < -0.3 is 9.47 Å². The Morgan fingerprint density at radius 3 is 2.54 bits per heavy atom. The summed E-state index contributed by atoms with van der Waals surface area (Å²) in [5.74, 6) is -0.136. The van der Waals surface area contributed by atoms with Crippen LogP contribution in [-0.4, -0.2) is 24.2 Å². The van der Waals surface area contributed by atoms with E-state index in [-0.39, 0.29) is 11.4 Å². The number of nitro benzene ring substituents is 1. The lowest BCUT2D eigenvalue weighted by Crippen LogP contribution is -2.09. The molecule has 3 rings (SSSR count). The summed E-state index contributed by atoms with van der Waals surface area (Å²) in [7, 11) is 1.56. The molecule has 0 N–H and O–H groups in total. The van der Waals surface area contributed by atoms with Crippen molar-refractivity contribution in [1.29, 1.82) is 0 Å². The number of hydrogen-bond acceptors (Lipinski definition) is 6. The molecule has 0 amide bonds. The van der Waals surface area contributed by atoms with Crippen LogP contribution >= 0.6 is 0 Å². The Labute approximate surface area is 161 Å². The van der Waals surface area contributed by atoms with E-state index in [2.05, 4.69) is 4.99 Å². The first-order valence-electron chi connectivity index (χ1n) is 8.30. The van der Waals surface area contributed by atoms with Gasteiger partial charge in [-0.1, -0.05) is 24.3 Å². The van der Waals surface area contributed by atoms with E-state index in [1.165, 1.54) is 18.3 Å². The molecule has 0 unspecified atom stereocenters. The van der Waals surface area contributed by atoms with Gasteiger partial charge in [0.1, 0.15) is 5.75 Å². The van der Waals surface area contributed by atoms with Crippen LogP contribution in [0.2, 0.25) is 0 Å². The summed E-state index contributed by atoms with van der Waals surface area (Å²) in [4.78, 5) is 27.3. The van der Waals surface area contributed by atoms with Crippen LogP contribution in [0.15, 0.2) is 77.8 Å². The third-order valence-corrected chi connectivity index (χ3v) is 3.81. The first-order chi connectivity index (χ1) is 13.6. The van der Waals surface area contributed by atoms with E-state index >= 15 is 0 Å². The van der Waals surface area contributed by atoms with Crippen molar-refractivity contribution in [3.63, 3.8) is 0 Å². The molecule has 0 aliphatic carbocycles. The fourth-order valence-electron chi connectivity index (χ4n) is 2.42. The van der Waals surface area contributed by atoms with E-state index in [4.69, 9.17) is 9.47 Å². The van der Waals surface area contributed by atoms with Crippen LogP contribution in [0.4, 0.5) is 11.4 Å². The van der Waals surface area contributed by atoms with Crippen LogP contribution in [-0.2, 0) is 0 Å². The molecule has 7 heteroatoms. The van der Waals surface area contributed by atoms with E-state index in [9.17, 15) is 14.9 Å². The fourth-order valence-corrected chi connectivity index (χ4v) is 2.42. The molecule has 0 aliphatic rings. The number of ether oxygens (including phenoxy) is 2.